The first-order valence-electron chi connectivity index (χ1n) is 6.45. The number of nitrogens with one attached hydrogen (secondary N) is 1. The Kier molecular flexibility index (Phi) is 5.07. The van der Waals surface area contributed by atoms with Crippen LogP contribution >= 0.6 is 15.9 Å². The van der Waals surface area contributed by atoms with Crippen LogP contribution in [0.25, 0.3) is 0 Å². The molecule has 0 heterocycles. The smallest absolute Gasteiger partial charge is 0.224 e. The van der Waals surface area contributed by atoms with Crippen LogP contribution < -0.4 is 5.32 Å². The Morgan fingerprint density at radius 2 is 1.95 bits per heavy atom. The van der Waals surface area contributed by atoms with Gasteiger partial charge in [-0.15, -0.1) is 0 Å². The number of rotatable bonds is 4. The number of anilines is 1. The Morgan fingerprint density at radius 3 is 2.67 bits per heavy atom. The summed E-state index contributed by atoms with van der Waals surface area (Å²) < 4.78 is 27.0. The zero-order chi connectivity index (χ0) is 15.4. The predicted octanol–water partition coefficient (Wildman–Crippen LogP) is 4.61. The standard InChI is InChI=1S/C16H14BrF2NO/c1-10-3-2-4-11(7-10)5-6-16(21)20-15-9-13(18)12(17)8-14(15)19/h2-4,7-9H,5-6H2,1H3,(H,20,21). The number of hydrogen-bond donors (Lipinski definition) is 1. The molecule has 0 aliphatic carbocycles. The molecule has 0 spiro atoms. The first kappa shape index (κ1) is 15.6. The quantitative estimate of drug-likeness (QED) is 0.799. The lowest BCUT2D eigenvalue weighted by atomic mass is 10.1. The van der Waals surface area contributed by atoms with Crippen molar-refractivity contribution < 1.29 is 13.6 Å². The van der Waals surface area contributed by atoms with E-state index >= 15 is 0 Å². The minimum Gasteiger partial charge on any atom is -0.324 e. The molecule has 0 fully saturated rings. The predicted molar refractivity (Wildman–Crippen MR) is 82.2 cm³/mol. The molecule has 0 bridgehead atoms. The van der Waals surface area contributed by atoms with Crippen molar-refractivity contribution in [3.8, 4) is 0 Å². The highest BCUT2D eigenvalue weighted by molar-refractivity contribution is 9.10. The van der Waals surface area contributed by atoms with Gasteiger partial charge in [-0.2, -0.15) is 0 Å². The van der Waals surface area contributed by atoms with Gasteiger partial charge in [0.15, 0.2) is 0 Å². The summed E-state index contributed by atoms with van der Waals surface area (Å²) in [4.78, 5) is 11.8. The van der Waals surface area contributed by atoms with E-state index in [2.05, 4.69) is 21.2 Å². The average molecular weight is 354 g/mol. The van der Waals surface area contributed by atoms with Gasteiger partial charge in [-0.05, 0) is 40.9 Å². The molecule has 0 saturated carbocycles. The van der Waals surface area contributed by atoms with Crippen LogP contribution in [0.15, 0.2) is 40.9 Å². The fraction of sp³-hybridized carbons (Fsp3) is 0.188. The molecule has 1 amide bonds. The Labute approximate surface area is 130 Å². The summed E-state index contributed by atoms with van der Waals surface area (Å²) in [7, 11) is 0. The Bertz CT molecular complexity index is 673. The summed E-state index contributed by atoms with van der Waals surface area (Å²) in [6.07, 6.45) is 0.759. The van der Waals surface area contributed by atoms with Gasteiger partial charge in [0, 0.05) is 12.5 Å². The minimum atomic E-state index is -0.674. The monoisotopic (exact) mass is 353 g/mol. The van der Waals surface area contributed by atoms with Gasteiger partial charge in [0.2, 0.25) is 5.91 Å². The van der Waals surface area contributed by atoms with Gasteiger partial charge in [-0.1, -0.05) is 29.8 Å². The summed E-state index contributed by atoms with van der Waals surface area (Å²) in [5, 5.41) is 2.39. The molecule has 0 saturated heterocycles. The number of carbonyl (C=O) groups is 1. The third-order valence-corrected chi connectivity index (χ3v) is 3.61. The van der Waals surface area contributed by atoms with Crippen LogP contribution in [-0.4, -0.2) is 5.91 Å². The normalized spacial score (nSPS) is 10.5. The van der Waals surface area contributed by atoms with Crippen molar-refractivity contribution in [3.05, 3.63) is 63.6 Å². The number of hydrogen-bond acceptors (Lipinski definition) is 1. The van der Waals surface area contributed by atoms with E-state index in [9.17, 15) is 13.6 Å². The van der Waals surface area contributed by atoms with Crippen LogP contribution in [0.4, 0.5) is 14.5 Å². The molecular formula is C16H14BrF2NO. The molecule has 2 nitrogen and oxygen atoms in total. The van der Waals surface area contributed by atoms with E-state index in [0.717, 1.165) is 23.3 Å². The van der Waals surface area contributed by atoms with Gasteiger partial charge < -0.3 is 5.32 Å². The van der Waals surface area contributed by atoms with E-state index in [1.807, 2.05) is 31.2 Å². The molecule has 1 N–H and O–H groups in total. The first-order valence-corrected chi connectivity index (χ1v) is 7.25. The van der Waals surface area contributed by atoms with Crippen molar-refractivity contribution in [2.45, 2.75) is 19.8 Å². The van der Waals surface area contributed by atoms with Crippen molar-refractivity contribution in [1.82, 2.24) is 0 Å². The Hall–Kier alpha value is -1.75. The van der Waals surface area contributed by atoms with Gasteiger partial charge in [-0.25, -0.2) is 8.78 Å². The van der Waals surface area contributed by atoms with E-state index in [-0.39, 0.29) is 22.5 Å². The maximum atomic E-state index is 13.6. The van der Waals surface area contributed by atoms with E-state index in [1.165, 1.54) is 0 Å². The summed E-state index contributed by atoms with van der Waals surface area (Å²) in [5.74, 6) is -1.64. The van der Waals surface area contributed by atoms with Crippen molar-refractivity contribution in [2.75, 3.05) is 5.32 Å². The number of benzene rings is 2. The molecule has 110 valence electrons. The molecule has 21 heavy (non-hydrogen) atoms. The molecule has 0 radical (unpaired) electrons. The van der Waals surface area contributed by atoms with Crippen molar-refractivity contribution in [3.63, 3.8) is 0 Å². The molecule has 0 aliphatic rings. The van der Waals surface area contributed by atoms with Crippen LogP contribution in [0.2, 0.25) is 0 Å². The lowest BCUT2D eigenvalue weighted by molar-refractivity contribution is -0.116. The fourth-order valence-electron chi connectivity index (χ4n) is 1.96. The minimum absolute atomic E-state index is 0.0257. The fourth-order valence-corrected chi connectivity index (χ4v) is 2.27. The van der Waals surface area contributed by atoms with Gasteiger partial charge >= 0.3 is 0 Å². The maximum absolute atomic E-state index is 13.6. The molecule has 2 rings (SSSR count). The summed E-state index contributed by atoms with van der Waals surface area (Å²) in [6.45, 7) is 1.98. The largest absolute Gasteiger partial charge is 0.324 e. The molecule has 0 atom stereocenters. The van der Waals surface area contributed by atoms with Gasteiger partial charge in [-0.3, -0.25) is 4.79 Å². The lowest BCUT2D eigenvalue weighted by Gasteiger charge is -2.08. The third-order valence-electron chi connectivity index (χ3n) is 3.01. The molecule has 2 aromatic rings. The zero-order valence-electron chi connectivity index (χ0n) is 11.4. The van der Waals surface area contributed by atoms with Crippen LogP contribution in [0.5, 0.6) is 0 Å². The maximum Gasteiger partial charge on any atom is 0.224 e. The van der Waals surface area contributed by atoms with Gasteiger partial charge in [0.05, 0.1) is 10.2 Å². The van der Waals surface area contributed by atoms with Crippen molar-refractivity contribution >= 4 is 27.5 Å². The molecule has 0 aromatic heterocycles. The highest BCUT2D eigenvalue weighted by atomic mass is 79.9. The number of halogens is 3. The highest BCUT2D eigenvalue weighted by Gasteiger charge is 2.11. The summed E-state index contributed by atoms with van der Waals surface area (Å²) in [5.41, 5.74) is 2.01. The third kappa shape index (κ3) is 4.36. The molecular weight excluding hydrogens is 340 g/mol. The second kappa shape index (κ2) is 6.80. The second-order valence-corrected chi connectivity index (χ2v) is 5.64. The van der Waals surface area contributed by atoms with Gasteiger partial charge in [0.1, 0.15) is 11.6 Å². The molecule has 5 heteroatoms. The van der Waals surface area contributed by atoms with E-state index in [0.29, 0.717) is 6.42 Å². The topological polar surface area (TPSA) is 29.1 Å². The van der Waals surface area contributed by atoms with E-state index in [4.69, 9.17) is 0 Å². The Morgan fingerprint density at radius 1 is 1.19 bits per heavy atom. The average Bonchev–Trinajstić information content (AvgIpc) is 2.43. The summed E-state index contributed by atoms with van der Waals surface area (Å²) in [6, 6.07) is 9.78. The molecule has 0 aliphatic heterocycles. The van der Waals surface area contributed by atoms with Crippen molar-refractivity contribution in [2.24, 2.45) is 0 Å². The lowest BCUT2D eigenvalue weighted by Crippen LogP contribution is -2.13. The summed E-state index contributed by atoms with van der Waals surface area (Å²) >= 11 is 2.89. The number of aryl methyl sites for hydroxylation is 2. The second-order valence-electron chi connectivity index (χ2n) is 4.78. The SMILES string of the molecule is Cc1cccc(CCC(=O)Nc2cc(F)c(Br)cc2F)c1. The number of amides is 1. The van der Waals surface area contributed by atoms with E-state index in [1.54, 1.807) is 0 Å². The van der Waals surface area contributed by atoms with Crippen molar-refractivity contribution in [1.29, 1.82) is 0 Å². The molecule has 0 unspecified atom stereocenters. The first-order chi connectivity index (χ1) is 9.95. The Balaban J connectivity index is 1.97. The van der Waals surface area contributed by atoms with Crippen LogP contribution in [0, 0.1) is 18.6 Å². The van der Waals surface area contributed by atoms with Crippen LogP contribution in [0.1, 0.15) is 17.5 Å². The van der Waals surface area contributed by atoms with E-state index < -0.39 is 11.6 Å². The van der Waals surface area contributed by atoms with Crippen LogP contribution in [-0.2, 0) is 11.2 Å². The number of carbonyl (C=O) groups excluding carboxylic acids is 1. The van der Waals surface area contributed by atoms with Crippen LogP contribution in [0.3, 0.4) is 0 Å². The zero-order valence-corrected chi connectivity index (χ0v) is 13.0. The molecule has 2 aromatic carbocycles. The van der Waals surface area contributed by atoms with Gasteiger partial charge in [0.25, 0.3) is 0 Å². The highest BCUT2D eigenvalue weighted by Crippen LogP contribution is 2.23.